The normalized spacial score (nSPS) is 13.8. The molecule has 0 amide bonds. The number of halogens is 4. The predicted octanol–water partition coefficient (Wildman–Crippen LogP) is 4.25. The van der Waals surface area contributed by atoms with Crippen LogP contribution in [-0.2, 0) is 0 Å². The lowest BCUT2D eigenvalue weighted by molar-refractivity contribution is -0.157. The molecule has 0 aliphatic rings. The summed E-state index contributed by atoms with van der Waals surface area (Å²) in [5, 5.41) is 2.85. The molecule has 0 bridgehead atoms. The Morgan fingerprint density at radius 3 is 2.47 bits per heavy atom. The second kappa shape index (κ2) is 5.74. The number of alkyl halides is 3. The monoisotopic (exact) mass is 265 g/mol. The molecule has 1 unspecified atom stereocenters. The summed E-state index contributed by atoms with van der Waals surface area (Å²) in [7, 11) is 0. The number of hydrogen-bond acceptors (Lipinski definition) is 1. The highest BCUT2D eigenvalue weighted by atomic mass is 35.5. The Balaban J connectivity index is 3.00. The number of benzene rings is 1. The van der Waals surface area contributed by atoms with E-state index in [0.717, 1.165) is 5.56 Å². The highest BCUT2D eigenvalue weighted by Gasteiger charge is 2.40. The molecule has 0 saturated heterocycles. The van der Waals surface area contributed by atoms with Crippen LogP contribution < -0.4 is 5.32 Å². The third-order valence-corrected chi connectivity index (χ3v) is 2.86. The molecule has 0 aromatic heterocycles. The summed E-state index contributed by atoms with van der Waals surface area (Å²) >= 11 is 5.85. The van der Waals surface area contributed by atoms with Gasteiger partial charge in [-0.15, -0.1) is 0 Å². The maximum Gasteiger partial charge on any atom is 0.407 e. The molecule has 0 radical (unpaired) electrons. The molecule has 0 saturated carbocycles. The molecule has 0 aliphatic carbocycles. The van der Waals surface area contributed by atoms with Crippen LogP contribution in [0.3, 0.4) is 0 Å². The summed E-state index contributed by atoms with van der Waals surface area (Å²) < 4.78 is 38.6. The summed E-state index contributed by atoms with van der Waals surface area (Å²) in [5.74, 6) is 0. The van der Waals surface area contributed by atoms with Crippen LogP contribution in [0.15, 0.2) is 18.2 Å². The van der Waals surface area contributed by atoms with Crippen molar-refractivity contribution in [2.24, 2.45) is 0 Å². The number of aryl methyl sites for hydroxylation is 1. The van der Waals surface area contributed by atoms with E-state index in [1.807, 2.05) is 6.92 Å². The number of nitrogens with one attached hydrogen (secondary N) is 1. The van der Waals surface area contributed by atoms with Gasteiger partial charge in [-0.05, 0) is 37.1 Å². The Labute approximate surface area is 104 Å². The molecule has 0 spiro atoms. The molecule has 1 N–H and O–H groups in total. The van der Waals surface area contributed by atoms with Crippen LogP contribution in [0.5, 0.6) is 0 Å². The van der Waals surface area contributed by atoms with Crippen LogP contribution in [0.25, 0.3) is 0 Å². The Kier molecular flexibility index (Phi) is 4.83. The third kappa shape index (κ3) is 3.89. The minimum absolute atomic E-state index is 0.154. The molecule has 1 aromatic rings. The average Bonchev–Trinajstić information content (AvgIpc) is 2.22. The lowest BCUT2D eigenvalue weighted by Crippen LogP contribution is -2.34. The molecule has 0 heterocycles. The summed E-state index contributed by atoms with van der Waals surface area (Å²) in [6.45, 7) is 3.90. The number of rotatable bonds is 4. The van der Waals surface area contributed by atoms with E-state index in [1.54, 1.807) is 13.0 Å². The zero-order valence-corrected chi connectivity index (χ0v) is 10.5. The largest absolute Gasteiger partial charge is 0.407 e. The van der Waals surface area contributed by atoms with Crippen LogP contribution in [0.2, 0.25) is 5.02 Å². The van der Waals surface area contributed by atoms with Gasteiger partial charge in [-0.1, -0.05) is 30.7 Å². The molecule has 5 heteroatoms. The molecule has 0 aliphatic heterocycles. The van der Waals surface area contributed by atoms with E-state index in [0.29, 0.717) is 18.0 Å². The van der Waals surface area contributed by atoms with Gasteiger partial charge in [-0.2, -0.15) is 13.2 Å². The first-order valence-corrected chi connectivity index (χ1v) is 5.80. The minimum Gasteiger partial charge on any atom is -0.302 e. The fourth-order valence-electron chi connectivity index (χ4n) is 1.50. The quantitative estimate of drug-likeness (QED) is 0.858. The van der Waals surface area contributed by atoms with Gasteiger partial charge >= 0.3 is 6.18 Å². The van der Waals surface area contributed by atoms with E-state index in [4.69, 9.17) is 11.6 Å². The molecule has 96 valence electrons. The molecule has 1 aromatic carbocycles. The summed E-state index contributed by atoms with van der Waals surface area (Å²) in [5.41, 5.74) is 0.924. The first-order valence-electron chi connectivity index (χ1n) is 5.42. The molecule has 0 fully saturated rings. The van der Waals surface area contributed by atoms with Crippen LogP contribution >= 0.6 is 11.6 Å². The summed E-state index contributed by atoms with van der Waals surface area (Å²) in [6.07, 6.45) is -3.67. The van der Waals surface area contributed by atoms with Crippen LogP contribution in [0.4, 0.5) is 13.2 Å². The van der Waals surface area contributed by atoms with Crippen molar-refractivity contribution in [1.29, 1.82) is 0 Å². The smallest absolute Gasteiger partial charge is 0.302 e. The SMILES string of the molecule is CCCNC(c1ccc(C)c(Cl)c1)C(F)(F)F. The maximum atomic E-state index is 12.9. The molecule has 1 atom stereocenters. The first-order chi connectivity index (χ1) is 7.86. The van der Waals surface area contributed by atoms with Gasteiger partial charge in [0.25, 0.3) is 0 Å². The maximum absolute atomic E-state index is 12.9. The van der Waals surface area contributed by atoms with E-state index in [1.165, 1.54) is 12.1 Å². The Morgan fingerprint density at radius 2 is 2.00 bits per heavy atom. The van der Waals surface area contributed by atoms with Crippen molar-refractivity contribution < 1.29 is 13.2 Å². The standard InChI is InChI=1S/C12H15ClF3N/c1-3-6-17-11(12(14,15)16)9-5-4-8(2)10(13)7-9/h4-5,7,11,17H,3,6H2,1-2H3. The lowest BCUT2D eigenvalue weighted by Gasteiger charge is -2.22. The predicted molar refractivity (Wildman–Crippen MR) is 63.3 cm³/mol. The molecular formula is C12H15ClF3N. The molecular weight excluding hydrogens is 251 g/mol. The van der Waals surface area contributed by atoms with Gasteiger partial charge in [0.15, 0.2) is 0 Å². The first kappa shape index (κ1) is 14.3. The topological polar surface area (TPSA) is 12.0 Å². The van der Waals surface area contributed by atoms with Crippen LogP contribution in [0.1, 0.15) is 30.5 Å². The number of hydrogen-bond donors (Lipinski definition) is 1. The highest BCUT2D eigenvalue weighted by molar-refractivity contribution is 6.31. The van der Waals surface area contributed by atoms with E-state index < -0.39 is 12.2 Å². The van der Waals surface area contributed by atoms with Crippen LogP contribution in [0, 0.1) is 6.92 Å². The molecule has 1 rings (SSSR count). The van der Waals surface area contributed by atoms with E-state index in [9.17, 15) is 13.2 Å². The second-order valence-corrected chi connectivity index (χ2v) is 4.34. The van der Waals surface area contributed by atoms with Crippen molar-refractivity contribution in [2.75, 3.05) is 6.54 Å². The van der Waals surface area contributed by atoms with Gasteiger partial charge in [0.1, 0.15) is 6.04 Å². The zero-order valence-electron chi connectivity index (χ0n) is 9.74. The van der Waals surface area contributed by atoms with Crippen molar-refractivity contribution in [3.8, 4) is 0 Å². The van der Waals surface area contributed by atoms with Crippen molar-refractivity contribution in [3.63, 3.8) is 0 Å². The van der Waals surface area contributed by atoms with Gasteiger partial charge in [-0.3, -0.25) is 0 Å². The minimum atomic E-state index is -4.31. The fraction of sp³-hybridized carbons (Fsp3) is 0.500. The van der Waals surface area contributed by atoms with Crippen molar-refractivity contribution in [1.82, 2.24) is 5.32 Å². The summed E-state index contributed by atoms with van der Waals surface area (Å²) in [6, 6.07) is 2.78. The highest BCUT2D eigenvalue weighted by Crippen LogP contribution is 2.34. The average molecular weight is 266 g/mol. The summed E-state index contributed by atoms with van der Waals surface area (Å²) in [4.78, 5) is 0. The van der Waals surface area contributed by atoms with Gasteiger partial charge in [0.2, 0.25) is 0 Å². The van der Waals surface area contributed by atoms with Crippen molar-refractivity contribution in [3.05, 3.63) is 34.3 Å². The van der Waals surface area contributed by atoms with E-state index in [2.05, 4.69) is 5.32 Å². The molecule has 17 heavy (non-hydrogen) atoms. The molecule has 1 nitrogen and oxygen atoms in total. The zero-order chi connectivity index (χ0) is 13.1. The van der Waals surface area contributed by atoms with Gasteiger partial charge < -0.3 is 5.32 Å². The van der Waals surface area contributed by atoms with Crippen LogP contribution in [-0.4, -0.2) is 12.7 Å². The van der Waals surface area contributed by atoms with Crippen molar-refractivity contribution in [2.45, 2.75) is 32.5 Å². The van der Waals surface area contributed by atoms with Gasteiger partial charge in [0, 0.05) is 5.02 Å². The third-order valence-electron chi connectivity index (χ3n) is 2.46. The van der Waals surface area contributed by atoms with E-state index >= 15 is 0 Å². The van der Waals surface area contributed by atoms with Gasteiger partial charge in [-0.25, -0.2) is 0 Å². The lowest BCUT2D eigenvalue weighted by atomic mass is 10.0. The van der Waals surface area contributed by atoms with Gasteiger partial charge in [0.05, 0.1) is 0 Å². The van der Waals surface area contributed by atoms with Crippen molar-refractivity contribution >= 4 is 11.6 Å². The second-order valence-electron chi connectivity index (χ2n) is 3.94. The Hall–Kier alpha value is -0.740. The van der Waals surface area contributed by atoms with E-state index in [-0.39, 0.29) is 5.56 Å². The fourth-order valence-corrected chi connectivity index (χ4v) is 1.69. The Bertz CT molecular complexity index is 377. The Morgan fingerprint density at radius 1 is 1.35 bits per heavy atom.